The summed E-state index contributed by atoms with van der Waals surface area (Å²) in [5.74, 6) is 1.14. The van der Waals surface area contributed by atoms with E-state index < -0.39 is 0 Å². The van der Waals surface area contributed by atoms with Gasteiger partial charge in [-0.2, -0.15) is 0 Å². The van der Waals surface area contributed by atoms with Gasteiger partial charge in [-0.3, -0.25) is 4.79 Å². The Morgan fingerprint density at radius 1 is 1.30 bits per heavy atom. The number of likely N-dealkylation sites (N-methyl/N-ethyl adjacent to an activating group) is 1. The van der Waals surface area contributed by atoms with Crippen molar-refractivity contribution in [3.63, 3.8) is 0 Å². The van der Waals surface area contributed by atoms with Gasteiger partial charge in [-0.15, -0.1) is 0 Å². The molecule has 3 heteroatoms. The molecule has 1 amide bonds. The molecular weight excluding hydrogens is 248 g/mol. The highest BCUT2D eigenvalue weighted by atomic mass is 16.2. The molecule has 1 rings (SSSR count). The van der Waals surface area contributed by atoms with Gasteiger partial charge in [0.15, 0.2) is 0 Å². The van der Waals surface area contributed by atoms with Gasteiger partial charge in [0.05, 0.1) is 0 Å². The second-order valence-corrected chi connectivity index (χ2v) is 6.89. The van der Waals surface area contributed by atoms with E-state index in [-0.39, 0.29) is 0 Å². The summed E-state index contributed by atoms with van der Waals surface area (Å²) in [4.78, 5) is 16.6. The highest BCUT2D eigenvalue weighted by Gasteiger charge is 2.33. The Labute approximate surface area is 125 Å². The van der Waals surface area contributed by atoms with Crippen molar-refractivity contribution in [3.8, 4) is 0 Å². The molecule has 1 aliphatic rings. The second-order valence-electron chi connectivity index (χ2n) is 6.89. The van der Waals surface area contributed by atoms with Crippen molar-refractivity contribution in [3.05, 3.63) is 0 Å². The lowest BCUT2D eigenvalue weighted by molar-refractivity contribution is -0.133. The molecule has 0 aromatic rings. The number of likely N-dealkylation sites (tertiary alicyclic amines) is 1. The number of rotatable bonds is 8. The van der Waals surface area contributed by atoms with Crippen LogP contribution in [0.25, 0.3) is 0 Å². The molecule has 3 nitrogen and oxygen atoms in total. The van der Waals surface area contributed by atoms with E-state index in [2.05, 4.69) is 37.6 Å². The predicted molar refractivity (Wildman–Crippen MR) is 85.8 cm³/mol. The Bertz CT molecular complexity index is 291. The first kappa shape index (κ1) is 17.5. The Balaban J connectivity index is 2.33. The van der Waals surface area contributed by atoms with Crippen LogP contribution in [0.5, 0.6) is 0 Å². The van der Waals surface area contributed by atoms with Crippen LogP contribution in [0.15, 0.2) is 0 Å². The zero-order valence-electron chi connectivity index (χ0n) is 14.2. The summed E-state index contributed by atoms with van der Waals surface area (Å²) in [5.41, 5.74) is 0. The van der Waals surface area contributed by atoms with E-state index in [1.54, 1.807) is 0 Å². The molecular formula is C17H34N2O. The summed E-state index contributed by atoms with van der Waals surface area (Å²) < 4.78 is 0. The third-order valence-corrected chi connectivity index (χ3v) is 4.47. The Morgan fingerprint density at radius 3 is 2.60 bits per heavy atom. The third kappa shape index (κ3) is 5.43. The normalized spacial score (nSPS) is 23.1. The zero-order valence-corrected chi connectivity index (χ0v) is 14.2. The molecule has 1 saturated heterocycles. The summed E-state index contributed by atoms with van der Waals surface area (Å²) in [7, 11) is 2.20. The van der Waals surface area contributed by atoms with Crippen LogP contribution >= 0.6 is 0 Å². The first-order valence-corrected chi connectivity index (χ1v) is 8.45. The third-order valence-electron chi connectivity index (χ3n) is 4.47. The van der Waals surface area contributed by atoms with Gasteiger partial charge in [-0.25, -0.2) is 0 Å². The fraction of sp³-hybridized carbons (Fsp3) is 0.941. The second kappa shape index (κ2) is 8.66. The summed E-state index contributed by atoms with van der Waals surface area (Å²) in [6.45, 7) is 10.9. The molecule has 0 spiro atoms. The number of hydrogen-bond donors (Lipinski definition) is 0. The predicted octanol–water partition coefficient (Wildman–Crippen LogP) is 3.53. The Hall–Kier alpha value is -0.570. The van der Waals surface area contributed by atoms with E-state index in [0.29, 0.717) is 24.4 Å². The minimum Gasteiger partial charge on any atom is -0.336 e. The van der Waals surface area contributed by atoms with Crippen LogP contribution in [0.3, 0.4) is 0 Å². The minimum absolute atomic E-state index is 0.327. The minimum atomic E-state index is 0.327. The Kier molecular flexibility index (Phi) is 7.57. The van der Waals surface area contributed by atoms with E-state index in [1.807, 2.05) is 6.92 Å². The SMILES string of the molecule is CCC(=O)N1[C@@H](CN(C)CCCCC(C)C)CC[C@H]1C. The summed E-state index contributed by atoms with van der Waals surface area (Å²) in [6, 6.07) is 0.870. The van der Waals surface area contributed by atoms with Crippen LogP contribution in [0.4, 0.5) is 0 Å². The number of amides is 1. The molecule has 0 aromatic heterocycles. The van der Waals surface area contributed by atoms with Crippen molar-refractivity contribution < 1.29 is 4.79 Å². The average Bonchev–Trinajstić information content (AvgIpc) is 2.74. The fourth-order valence-electron chi connectivity index (χ4n) is 3.27. The number of nitrogens with zero attached hydrogens (tertiary/aromatic N) is 2. The van der Waals surface area contributed by atoms with Crippen molar-refractivity contribution in [2.75, 3.05) is 20.1 Å². The quantitative estimate of drug-likeness (QED) is 0.636. The molecule has 20 heavy (non-hydrogen) atoms. The van der Waals surface area contributed by atoms with E-state index in [9.17, 15) is 4.79 Å². The molecule has 0 aromatic carbocycles. The van der Waals surface area contributed by atoms with Crippen molar-refractivity contribution in [2.45, 2.75) is 78.3 Å². The molecule has 0 radical (unpaired) electrons. The maximum absolute atomic E-state index is 12.1. The molecule has 118 valence electrons. The smallest absolute Gasteiger partial charge is 0.222 e. The van der Waals surface area contributed by atoms with Crippen LogP contribution in [0, 0.1) is 5.92 Å². The van der Waals surface area contributed by atoms with Crippen LogP contribution in [-0.2, 0) is 4.79 Å². The van der Waals surface area contributed by atoms with Gasteiger partial charge in [-0.1, -0.05) is 33.6 Å². The first-order valence-electron chi connectivity index (χ1n) is 8.45. The van der Waals surface area contributed by atoms with Crippen LogP contribution in [0.2, 0.25) is 0 Å². The molecule has 1 aliphatic heterocycles. The topological polar surface area (TPSA) is 23.6 Å². The number of unbranched alkanes of at least 4 members (excludes halogenated alkanes) is 1. The Morgan fingerprint density at radius 2 is 2.00 bits per heavy atom. The lowest BCUT2D eigenvalue weighted by atomic mass is 10.1. The van der Waals surface area contributed by atoms with Crippen molar-refractivity contribution in [1.29, 1.82) is 0 Å². The van der Waals surface area contributed by atoms with E-state index in [4.69, 9.17) is 0 Å². The maximum atomic E-state index is 12.1. The molecule has 0 saturated carbocycles. The van der Waals surface area contributed by atoms with Gasteiger partial charge in [0, 0.05) is 25.0 Å². The van der Waals surface area contributed by atoms with Crippen molar-refractivity contribution in [2.24, 2.45) is 5.92 Å². The number of carbonyl (C=O) groups excluding carboxylic acids is 1. The van der Waals surface area contributed by atoms with Crippen molar-refractivity contribution >= 4 is 5.91 Å². The van der Waals surface area contributed by atoms with E-state index in [0.717, 1.165) is 25.4 Å². The zero-order chi connectivity index (χ0) is 15.1. The largest absolute Gasteiger partial charge is 0.336 e. The molecule has 1 heterocycles. The first-order chi connectivity index (χ1) is 9.45. The molecule has 0 bridgehead atoms. The summed E-state index contributed by atoms with van der Waals surface area (Å²) in [6.07, 6.45) is 6.90. The summed E-state index contributed by atoms with van der Waals surface area (Å²) in [5, 5.41) is 0. The summed E-state index contributed by atoms with van der Waals surface area (Å²) >= 11 is 0. The molecule has 0 aliphatic carbocycles. The lowest BCUT2D eigenvalue weighted by Gasteiger charge is -2.31. The maximum Gasteiger partial charge on any atom is 0.222 e. The van der Waals surface area contributed by atoms with Crippen LogP contribution in [0.1, 0.15) is 66.2 Å². The lowest BCUT2D eigenvalue weighted by Crippen LogP contribution is -2.45. The molecule has 0 unspecified atom stereocenters. The van der Waals surface area contributed by atoms with Gasteiger partial charge >= 0.3 is 0 Å². The van der Waals surface area contributed by atoms with Crippen LogP contribution in [-0.4, -0.2) is 47.9 Å². The van der Waals surface area contributed by atoms with Crippen LogP contribution < -0.4 is 0 Å². The molecule has 2 atom stereocenters. The average molecular weight is 282 g/mol. The number of carbonyl (C=O) groups is 1. The van der Waals surface area contributed by atoms with Gasteiger partial charge in [0.2, 0.25) is 5.91 Å². The fourth-order valence-corrected chi connectivity index (χ4v) is 3.27. The monoisotopic (exact) mass is 282 g/mol. The van der Waals surface area contributed by atoms with Gasteiger partial charge in [0.1, 0.15) is 0 Å². The van der Waals surface area contributed by atoms with Gasteiger partial charge in [0.25, 0.3) is 0 Å². The molecule has 1 fully saturated rings. The molecule has 0 N–H and O–H groups in total. The van der Waals surface area contributed by atoms with E-state index in [1.165, 1.54) is 25.7 Å². The van der Waals surface area contributed by atoms with Gasteiger partial charge < -0.3 is 9.80 Å². The van der Waals surface area contributed by atoms with E-state index >= 15 is 0 Å². The standard InChI is InChI=1S/C17H34N2O/c1-6-17(20)19-15(4)10-11-16(19)13-18(5)12-8-7-9-14(2)3/h14-16H,6-13H2,1-5H3/t15-,16-/m1/s1. The van der Waals surface area contributed by atoms with Gasteiger partial charge in [-0.05, 0) is 45.7 Å². The van der Waals surface area contributed by atoms with Crippen molar-refractivity contribution in [1.82, 2.24) is 9.80 Å². The highest BCUT2D eigenvalue weighted by Crippen LogP contribution is 2.25. The highest BCUT2D eigenvalue weighted by molar-refractivity contribution is 5.76. The number of hydrogen-bond acceptors (Lipinski definition) is 2.